The summed E-state index contributed by atoms with van der Waals surface area (Å²) >= 11 is 0. The normalized spacial score (nSPS) is 29.7. The number of aryl methyl sites for hydroxylation is 1. The number of aromatic nitrogens is 2. The van der Waals surface area contributed by atoms with Crippen molar-refractivity contribution >= 4 is 0 Å². The van der Waals surface area contributed by atoms with Crippen molar-refractivity contribution in [3.63, 3.8) is 0 Å². The van der Waals surface area contributed by atoms with Crippen LogP contribution in [0.25, 0.3) is 0 Å². The van der Waals surface area contributed by atoms with Crippen molar-refractivity contribution in [2.75, 3.05) is 14.1 Å². The maximum Gasteiger partial charge on any atom is 0.0653 e. The molecule has 1 unspecified atom stereocenters. The summed E-state index contributed by atoms with van der Waals surface area (Å²) in [6.07, 6.45) is 6.76. The molecule has 1 aliphatic carbocycles. The van der Waals surface area contributed by atoms with Gasteiger partial charge in [0.1, 0.15) is 0 Å². The van der Waals surface area contributed by atoms with Gasteiger partial charge in [0, 0.05) is 18.3 Å². The average Bonchev–Trinajstić information content (AvgIpc) is 2.87. The highest BCUT2D eigenvalue weighted by atomic mass is 15.3. The van der Waals surface area contributed by atoms with Crippen LogP contribution >= 0.6 is 0 Å². The quantitative estimate of drug-likeness (QED) is 0.908. The molecular formula is C15H28N4. The molecular weight excluding hydrogens is 236 g/mol. The Morgan fingerprint density at radius 2 is 2.11 bits per heavy atom. The van der Waals surface area contributed by atoms with Gasteiger partial charge in [-0.05, 0) is 58.7 Å². The minimum absolute atomic E-state index is 0.0393. The van der Waals surface area contributed by atoms with E-state index in [1.807, 2.05) is 10.9 Å². The first-order valence-electron chi connectivity index (χ1n) is 7.46. The van der Waals surface area contributed by atoms with E-state index in [0.29, 0.717) is 0 Å². The molecule has 0 saturated heterocycles. The second-order valence-corrected chi connectivity index (χ2v) is 6.23. The first kappa shape index (κ1) is 14.5. The molecule has 4 heteroatoms. The van der Waals surface area contributed by atoms with Crippen molar-refractivity contribution in [2.24, 2.45) is 11.7 Å². The summed E-state index contributed by atoms with van der Waals surface area (Å²) in [4.78, 5) is 2.34. The van der Waals surface area contributed by atoms with Crippen molar-refractivity contribution in [1.29, 1.82) is 0 Å². The number of nitrogens with zero attached hydrogens (tertiary/aromatic N) is 3. The molecule has 0 bridgehead atoms. The fraction of sp³-hybridized carbons (Fsp3) is 0.800. The SMILES string of the molecule is CCn1nccc1C(N)C1(N(C)C)CCC(C)CC1. The van der Waals surface area contributed by atoms with E-state index in [4.69, 9.17) is 5.73 Å². The molecule has 1 saturated carbocycles. The molecule has 0 spiro atoms. The van der Waals surface area contributed by atoms with E-state index in [2.05, 4.69) is 44.0 Å². The molecule has 1 aliphatic rings. The standard InChI is InChI=1S/C15H28N4/c1-5-19-13(8-11-17-19)14(16)15(18(3)4)9-6-12(2)7-10-15/h8,11-12,14H,5-7,9-10,16H2,1-4H3. The summed E-state index contributed by atoms with van der Waals surface area (Å²) in [5.41, 5.74) is 7.92. The van der Waals surface area contributed by atoms with Crippen LogP contribution in [0.5, 0.6) is 0 Å². The third-order valence-electron chi connectivity index (χ3n) is 4.98. The van der Waals surface area contributed by atoms with Crippen LogP contribution in [0.2, 0.25) is 0 Å². The zero-order valence-corrected chi connectivity index (χ0v) is 12.8. The van der Waals surface area contributed by atoms with Gasteiger partial charge in [-0.3, -0.25) is 4.68 Å². The summed E-state index contributed by atoms with van der Waals surface area (Å²) in [5, 5.41) is 4.37. The van der Waals surface area contributed by atoms with Crippen molar-refractivity contribution in [2.45, 2.75) is 57.7 Å². The van der Waals surface area contributed by atoms with Crippen LogP contribution in [0.15, 0.2) is 12.3 Å². The van der Waals surface area contributed by atoms with Crippen LogP contribution in [0.1, 0.15) is 51.3 Å². The first-order chi connectivity index (χ1) is 9.01. The van der Waals surface area contributed by atoms with Gasteiger partial charge in [0.15, 0.2) is 0 Å². The molecule has 0 radical (unpaired) electrons. The van der Waals surface area contributed by atoms with Crippen LogP contribution in [0.4, 0.5) is 0 Å². The van der Waals surface area contributed by atoms with Crippen LogP contribution in [-0.4, -0.2) is 34.3 Å². The first-order valence-corrected chi connectivity index (χ1v) is 7.46. The number of hydrogen-bond donors (Lipinski definition) is 1. The zero-order chi connectivity index (χ0) is 14.0. The lowest BCUT2D eigenvalue weighted by molar-refractivity contribution is 0.0536. The van der Waals surface area contributed by atoms with Crippen LogP contribution in [0.3, 0.4) is 0 Å². The maximum atomic E-state index is 6.67. The minimum atomic E-state index is 0.0393. The van der Waals surface area contributed by atoms with E-state index in [0.717, 1.165) is 12.5 Å². The van der Waals surface area contributed by atoms with Crippen molar-refractivity contribution in [1.82, 2.24) is 14.7 Å². The molecule has 19 heavy (non-hydrogen) atoms. The molecule has 2 N–H and O–H groups in total. The van der Waals surface area contributed by atoms with Gasteiger partial charge in [-0.2, -0.15) is 5.10 Å². The van der Waals surface area contributed by atoms with Crippen molar-refractivity contribution in [3.05, 3.63) is 18.0 Å². The molecule has 4 nitrogen and oxygen atoms in total. The lowest BCUT2D eigenvalue weighted by Gasteiger charge is -2.48. The Bertz CT molecular complexity index is 402. The Hall–Kier alpha value is -0.870. The van der Waals surface area contributed by atoms with Gasteiger partial charge in [-0.25, -0.2) is 0 Å². The molecule has 1 aromatic heterocycles. The third-order valence-corrected chi connectivity index (χ3v) is 4.98. The molecule has 2 rings (SSSR count). The van der Waals surface area contributed by atoms with Crippen LogP contribution in [0, 0.1) is 5.92 Å². The molecule has 0 aromatic carbocycles. The van der Waals surface area contributed by atoms with Crippen molar-refractivity contribution < 1.29 is 0 Å². The Morgan fingerprint density at radius 1 is 1.47 bits per heavy atom. The van der Waals surface area contributed by atoms with Crippen molar-refractivity contribution in [3.8, 4) is 0 Å². The molecule has 1 atom stereocenters. The number of hydrogen-bond acceptors (Lipinski definition) is 3. The molecule has 1 aromatic rings. The predicted octanol–water partition coefficient (Wildman–Crippen LogP) is 2.41. The topological polar surface area (TPSA) is 47.1 Å². The van der Waals surface area contributed by atoms with E-state index >= 15 is 0 Å². The lowest BCUT2D eigenvalue weighted by Crippen LogP contribution is -2.54. The van der Waals surface area contributed by atoms with Gasteiger partial charge in [0.05, 0.1) is 11.7 Å². The third kappa shape index (κ3) is 2.56. The fourth-order valence-electron chi connectivity index (χ4n) is 3.45. The summed E-state index contributed by atoms with van der Waals surface area (Å²) in [7, 11) is 4.34. The average molecular weight is 264 g/mol. The Labute approximate surface area is 117 Å². The van der Waals surface area contributed by atoms with E-state index in [9.17, 15) is 0 Å². The van der Waals surface area contributed by atoms with E-state index < -0.39 is 0 Å². The highest BCUT2D eigenvalue weighted by Crippen LogP contribution is 2.42. The smallest absolute Gasteiger partial charge is 0.0653 e. The van der Waals surface area contributed by atoms with Gasteiger partial charge in [0.2, 0.25) is 0 Å². The minimum Gasteiger partial charge on any atom is -0.321 e. The number of nitrogens with two attached hydrogens (primary N) is 1. The van der Waals surface area contributed by atoms with E-state index in [-0.39, 0.29) is 11.6 Å². The van der Waals surface area contributed by atoms with E-state index in [1.165, 1.54) is 31.4 Å². The monoisotopic (exact) mass is 264 g/mol. The van der Waals surface area contributed by atoms with Gasteiger partial charge in [0.25, 0.3) is 0 Å². The number of likely N-dealkylation sites (N-methyl/N-ethyl adjacent to an activating group) is 1. The summed E-state index contributed by atoms with van der Waals surface area (Å²) in [6.45, 7) is 5.35. The van der Waals surface area contributed by atoms with Gasteiger partial charge < -0.3 is 10.6 Å². The predicted molar refractivity (Wildman–Crippen MR) is 78.9 cm³/mol. The Morgan fingerprint density at radius 3 is 2.63 bits per heavy atom. The highest BCUT2D eigenvalue weighted by molar-refractivity contribution is 5.15. The second kappa shape index (κ2) is 5.63. The number of rotatable bonds is 4. The fourth-order valence-corrected chi connectivity index (χ4v) is 3.45. The molecule has 0 amide bonds. The maximum absolute atomic E-state index is 6.67. The van der Waals surface area contributed by atoms with Gasteiger partial charge in [-0.1, -0.05) is 6.92 Å². The van der Waals surface area contributed by atoms with Gasteiger partial charge >= 0.3 is 0 Å². The molecule has 0 aliphatic heterocycles. The zero-order valence-electron chi connectivity index (χ0n) is 12.8. The van der Waals surface area contributed by atoms with Gasteiger partial charge in [-0.15, -0.1) is 0 Å². The lowest BCUT2D eigenvalue weighted by atomic mass is 9.71. The van der Waals surface area contributed by atoms with Crippen LogP contribution in [-0.2, 0) is 6.54 Å². The summed E-state index contributed by atoms with van der Waals surface area (Å²) in [5.74, 6) is 0.830. The largest absolute Gasteiger partial charge is 0.321 e. The summed E-state index contributed by atoms with van der Waals surface area (Å²) < 4.78 is 2.04. The second-order valence-electron chi connectivity index (χ2n) is 6.23. The summed E-state index contributed by atoms with van der Waals surface area (Å²) in [6, 6.07) is 2.12. The van der Waals surface area contributed by atoms with E-state index in [1.54, 1.807) is 0 Å². The Balaban J connectivity index is 2.29. The molecule has 108 valence electrons. The molecule has 1 heterocycles. The highest BCUT2D eigenvalue weighted by Gasteiger charge is 2.43. The Kier molecular flexibility index (Phi) is 4.31. The van der Waals surface area contributed by atoms with Crippen LogP contribution < -0.4 is 5.73 Å². The molecule has 1 fully saturated rings.